The van der Waals surface area contributed by atoms with E-state index in [-0.39, 0.29) is 40.2 Å². The number of carbonyl (C=O) groups is 3. The van der Waals surface area contributed by atoms with Crippen LogP contribution in [0.1, 0.15) is 39.2 Å². The Kier molecular flexibility index (Phi) is 9.12. The molecular weight excluding hydrogens is 552 g/mol. The smallest absolute Gasteiger partial charge is 0.335 e. The Morgan fingerprint density at radius 2 is 1.64 bits per heavy atom. The lowest BCUT2D eigenvalue weighted by atomic mass is 9.52. The first kappa shape index (κ1) is 30.5. The number of benzene rings is 3. The van der Waals surface area contributed by atoms with Gasteiger partial charge in [-0.3, -0.25) is 19.0 Å². The molecule has 0 fully saturated rings. The highest BCUT2D eigenvalue weighted by atomic mass is 35.5. The number of carbonyl (C=O) groups excluding carboxylic acids is 2. The molecule has 0 aliphatic carbocycles. The Labute approximate surface area is 250 Å². The molecule has 3 aromatic carbocycles. The van der Waals surface area contributed by atoms with E-state index in [1.165, 1.54) is 61.7 Å². The number of nitrogens with zero attached hydrogens (tertiary/aromatic N) is 1. The Morgan fingerprint density at radius 1 is 0.976 bits per heavy atom. The van der Waals surface area contributed by atoms with Gasteiger partial charge in [-0.1, -0.05) is 41.9 Å². The zero-order valence-corrected chi connectivity index (χ0v) is 23.2. The average molecular weight is 574 g/mol. The van der Waals surface area contributed by atoms with Crippen molar-refractivity contribution >= 4 is 58.5 Å². The molecule has 0 aliphatic heterocycles. The fraction of sp³-hybridized carbons (Fsp3) is 0.133. The number of aromatic nitrogens is 1. The second kappa shape index (κ2) is 12.6. The average Bonchev–Trinajstić information content (AvgIpc) is 2.92. The Morgan fingerprint density at radius 3 is 2.24 bits per heavy atom. The highest BCUT2D eigenvalue weighted by Crippen LogP contribution is 2.35. The van der Waals surface area contributed by atoms with Crippen molar-refractivity contribution in [2.45, 2.75) is 24.7 Å². The van der Waals surface area contributed by atoms with Gasteiger partial charge in [-0.15, -0.1) is 0 Å². The standard InChI is InChI=1S/C30H22B3ClN2O6/c1-17(37)22-12-9-20(34)14-23(22)24-15-27(38)36(16-26(24)42-30(31,32)33)25(13-18-5-3-2-4-6-18)28(39)35-21-10-7-19(8-11-21)29(40)41/h2-12,14-16,25H,13H2,1H3,(H,35,39)(H,40,41)/t25-/m0/s1. The van der Waals surface area contributed by atoms with Crippen LogP contribution < -0.4 is 15.6 Å². The maximum Gasteiger partial charge on any atom is 0.335 e. The molecule has 12 heteroatoms. The summed E-state index contributed by atoms with van der Waals surface area (Å²) in [5.41, 5.74) is 1.17. The highest BCUT2D eigenvalue weighted by molar-refractivity contribution is 6.58. The maximum atomic E-state index is 13.7. The minimum absolute atomic E-state index is 0.0437. The molecule has 1 aromatic heterocycles. The van der Waals surface area contributed by atoms with E-state index >= 15 is 0 Å². The van der Waals surface area contributed by atoms with E-state index in [9.17, 15) is 24.3 Å². The third-order valence-electron chi connectivity index (χ3n) is 6.29. The van der Waals surface area contributed by atoms with E-state index in [1.54, 1.807) is 24.3 Å². The zero-order valence-electron chi connectivity index (χ0n) is 22.4. The van der Waals surface area contributed by atoms with Crippen molar-refractivity contribution in [3.8, 4) is 16.9 Å². The molecule has 0 saturated heterocycles. The van der Waals surface area contributed by atoms with Crippen molar-refractivity contribution < 1.29 is 24.2 Å². The topological polar surface area (TPSA) is 115 Å². The molecule has 2 N–H and O–H groups in total. The summed E-state index contributed by atoms with van der Waals surface area (Å²) in [5.74, 6) is -2.07. The predicted octanol–water partition coefficient (Wildman–Crippen LogP) is 3.99. The van der Waals surface area contributed by atoms with Gasteiger partial charge in [0, 0.05) is 34.3 Å². The first-order valence-electron chi connectivity index (χ1n) is 12.6. The summed E-state index contributed by atoms with van der Waals surface area (Å²) in [4.78, 5) is 50.9. The summed E-state index contributed by atoms with van der Waals surface area (Å²) >= 11 is 6.22. The largest absolute Gasteiger partial charge is 0.514 e. The molecule has 42 heavy (non-hydrogen) atoms. The molecule has 0 saturated carbocycles. The summed E-state index contributed by atoms with van der Waals surface area (Å²) < 4.78 is 6.77. The number of anilines is 1. The van der Waals surface area contributed by atoms with Crippen LogP contribution in [0.5, 0.6) is 5.75 Å². The lowest BCUT2D eigenvalue weighted by Gasteiger charge is -2.27. The summed E-state index contributed by atoms with van der Waals surface area (Å²) in [5, 5.41) is 10.0. The number of nitrogens with one attached hydrogen (secondary N) is 1. The number of aromatic carboxylic acids is 1. The molecule has 204 valence electrons. The van der Waals surface area contributed by atoms with Gasteiger partial charge in [0.25, 0.3) is 5.56 Å². The number of hydrogen-bond donors (Lipinski definition) is 2. The van der Waals surface area contributed by atoms with Crippen LogP contribution in [0.2, 0.25) is 5.02 Å². The van der Waals surface area contributed by atoms with Crippen molar-refractivity contribution in [3.63, 3.8) is 0 Å². The summed E-state index contributed by atoms with van der Waals surface area (Å²) in [7, 11) is 17.3. The van der Waals surface area contributed by atoms with E-state index in [0.29, 0.717) is 10.7 Å². The van der Waals surface area contributed by atoms with E-state index in [1.807, 2.05) is 6.07 Å². The van der Waals surface area contributed by atoms with Gasteiger partial charge in [0.1, 0.15) is 35.3 Å². The Hall–Kier alpha value is -4.50. The molecule has 0 unspecified atom stereocenters. The van der Waals surface area contributed by atoms with Gasteiger partial charge < -0.3 is 15.2 Å². The third kappa shape index (κ3) is 7.41. The number of amides is 1. The number of rotatable bonds is 10. The lowest BCUT2D eigenvalue weighted by molar-refractivity contribution is -0.119. The van der Waals surface area contributed by atoms with Crippen molar-refractivity contribution in [3.05, 3.63) is 117 Å². The molecular formula is C30H22B3ClN2O6. The number of hydrogen-bond acceptors (Lipinski definition) is 5. The van der Waals surface area contributed by atoms with Crippen LogP contribution >= 0.6 is 11.6 Å². The van der Waals surface area contributed by atoms with Crippen LogP contribution in [0, 0.1) is 0 Å². The van der Waals surface area contributed by atoms with Crippen molar-refractivity contribution in [2.75, 3.05) is 5.32 Å². The fourth-order valence-corrected chi connectivity index (χ4v) is 4.55. The minimum atomic E-state index is -2.19. The van der Waals surface area contributed by atoms with E-state index in [0.717, 1.165) is 10.1 Å². The van der Waals surface area contributed by atoms with E-state index in [2.05, 4.69) is 5.32 Å². The van der Waals surface area contributed by atoms with E-state index in [4.69, 9.17) is 39.9 Å². The molecule has 8 nitrogen and oxygen atoms in total. The lowest BCUT2D eigenvalue weighted by Crippen LogP contribution is -2.39. The number of Topliss-reactive ketones (excluding diaryl/α,β-unsaturated/α-hetero) is 1. The first-order valence-corrected chi connectivity index (χ1v) is 13.0. The van der Waals surface area contributed by atoms with Gasteiger partial charge >= 0.3 is 5.97 Å². The van der Waals surface area contributed by atoms with Crippen molar-refractivity contribution in [1.82, 2.24) is 4.57 Å². The van der Waals surface area contributed by atoms with Crippen molar-refractivity contribution in [2.24, 2.45) is 0 Å². The first-order chi connectivity index (χ1) is 19.8. The Balaban J connectivity index is 1.86. The van der Waals surface area contributed by atoms with Crippen LogP contribution in [0.15, 0.2) is 89.9 Å². The third-order valence-corrected chi connectivity index (χ3v) is 6.53. The number of halogens is 1. The van der Waals surface area contributed by atoms with Gasteiger partial charge in [-0.25, -0.2) is 4.79 Å². The monoisotopic (exact) mass is 574 g/mol. The van der Waals surface area contributed by atoms with Gasteiger partial charge in [0.15, 0.2) is 5.78 Å². The van der Waals surface area contributed by atoms with Gasteiger partial charge in [0.05, 0.1) is 11.8 Å². The molecule has 1 amide bonds. The van der Waals surface area contributed by atoms with Crippen LogP contribution in [-0.4, -0.2) is 56.2 Å². The van der Waals surface area contributed by atoms with Crippen LogP contribution in [0.4, 0.5) is 5.69 Å². The molecule has 0 spiro atoms. The second-order valence-corrected chi connectivity index (χ2v) is 10.0. The molecule has 1 heterocycles. The van der Waals surface area contributed by atoms with Gasteiger partial charge in [0.2, 0.25) is 5.91 Å². The van der Waals surface area contributed by atoms with E-state index < -0.39 is 28.8 Å². The quantitative estimate of drug-likeness (QED) is 0.219. The van der Waals surface area contributed by atoms with Crippen LogP contribution in [0.3, 0.4) is 0 Å². The summed E-state index contributed by atoms with van der Waals surface area (Å²) in [6.45, 7) is 1.36. The highest BCUT2D eigenvalue weighted by Gasteiger charge is 2.26. The predicted molar refractivity (Wildman–Crippen MR) is 163 cm³/mol. The number of pyridine rings is 1. The number of carboxylic acid groups (broad SMARTS) is 1. The fourth-order valence-electron chi connectivity index (χ4n) is 4.38. The molecule has 1 atom stereocenters. The van der Waals surface area contributed by atoms with Gasteiger partial charge in [-0.2, -0.15) is 0 Å². The van der Waals surface area contributed by atoms with Crippen LogP contribution in [-0.2, 0) is 11.2 Å². The maximum absolute atomic E-state index is 13.7. The second-order valence-electron chi connectivity index (χ2n) is 9.58. The number of ketones is 1. The summed E-state index contributed by atoms with van der Waals surface area (Å²) in [6, 6.07) is 19.2. The van der Waals surface area contributed by atoms with Gasteiger partial charge in [-0.05, 0) is 65.8 Å². The zero-order chi connectivity index (χ0) is 30.6. The normalized spacial score (nSPS) is 11.9. The molecule has 4 rings (SSSR count). The van der Waals surface area contributed by atoms with Crippen molar-refractivity contribution in [1.29, 1.82) is 0 Å². The number of carboxylic acids is 1. The molecule has 4 aromatic rings. The molecule has 0 aliphatic rings. The Bertz CT molecular complexity index is 1700. The van der Waals surface area contributed by atoms with Crippen LogP contribution in [0.25, 0.3) is 11.1 Å². The minimum Gasteiger partial charge on any atom is -0.514 e. The molecule has 6 radical (unpaired) electrons. The SMILES string of the molecule is [B]C([B])([B])Oc1cn([C@@H](Cc2ccccc2)C(=O)Nc2ccc(C(=O)O)cc2)c(=O)cc1-c1cc(Cl)ccc1C(C)=O. The molecule has 0 bridgehead atoms. The summed E-state index contributed by atoms with van der Waals surface area (Å²) in [6.07, 6.45) is 1.35. The number of ether oxygens (including phenoxy) is 1.